The number of benzene rings is 3. The van der Waals surface area contributed by atoms with Crippen LogP contribution in [0.15, 0.2) is 78.9 Å². The van der Waals surface area contributed by atoms with Crippen LogP contribution in [0.2, 0.25) is 0 Å². The molecule has 1 amide bonds. The van der Waals surface area contributed by atoms with E-state index in [1.807, 2.05) is 29.2 Å². The first-order valence-electron chi connectivity index (χ1n) is 10.8. The van der Waals surface area contributed by atoms with E-state index in [2.05, 4.69) is 73.3 Å². The number of amides is 1. The van der Waals surface area contributed by atoms with E-state index in [4.69, 9.17) is 0 Å². The number of carbonyl (C=O) groups is 1. The number of anilines is 1. The van der Waals surface area contributed by atoms with Gasteiger partial charge in [0.15, 0.2) is 0 Å². The summed E-state index contributed by atoms with van der Waals surface area (Å²) in [5.74, 6) is 0.0976. The Balaban J connectivity index is 1.52. The molecule has 0 N–H and O–H groups in total. The zero-order chi connectivity index (χ0) is 20.9. The average Bonchev–Trinajstić information content (AvgIpc) is 2.77. The fourth-order valence-electron chi connectivity index (χ4n) is 4.21. The van der Waals surface area contributed by atoms with Crippen LogP contribution in [0.25, 0.3) is 0 Å². The van der Waals surface area contributed by atoms with Gasteiger partial charge in [0.05, 0.1) is 0 Å². The molecule has 0 saturated carbocycles. The van der Waals surface area contributed by atoms with Crippen molar-refractivity contribution in [3.05, 3.63) is 101 Å². The Hall–Kier alpha value is -2.91. The highest BCUT2D eigenvalue weighted by Crippen LogP contribution is 2.27. The van der Waals surface area contributed by atoms with E-state index < -0.39 is 0 Å². The van der Waals surface area contributed by atoms with Crippen molar-refractivity contribution in [3.8, 4) is 0 Å². The lowest BCUT2D eigenvalue weighted by atomic mass is 9.99. The van der Waals surface area contributed by atoms with Gasteiger partial charge < -0.3 is 4.90 Å². The summed E-state index contributed by atoms with van der Waals surface area (Å²) in [6.07, 6.45) is 1.97. The number of carbonyl (C=O) groups excluding carboxylic acids is 1. The minimum absolute atomic E-state index is 0.0976. The molecule has 1 saturated heterocycles. The molecule has 1 heterocycles. The zero-order valence-corrected chi connectivity index (χ0v) is 17.9. The SMILES string of the molecule is Cc1ccc(C(=O)N(c2ccc(C)cc2)C2CCN(Cc3ccccc3)CC2)cc1. The van der Waals surface area contributed by atoms with Gasteiger partial charge in [0.2, 0.25) is 0 Å². The lowest BCUT2D eigenvalue weighted by Gasteiger charge is -2.38. The van der Waals surface area contributed by atoms with E-state index in [1.165, 1.54) is 16.7 Å². The van der Waals surface area contributed by atoms with Gasteiger partial charge >= 0.3 is 0 Å². The van der Waals surface area contributed by atoms with E-state index in [0.29, 0.717) is 0 Å². The van der Waals surface area contributed by atoms with Crippen LogP contribution < -0.4 is 4.90 Å². The van der Waals surface area contributed by atoms with Crippen molar-refractivity contribution >= 4 is 11.6 Å². The molecular weight excluding hydrogens is 368 g/mol. The fraction of sp³-hybridized carbons (Fsp3) is 0.296. The molecule has 30 heavy (non-hydrogen) atoms. The molecule has 3 aromatic rings. The maximum atomic E-state index is 13.5. The number of hydrogen-bond acceptors (Lipinski definition) is 2. The maximum absolute atomic E-state index is 13.5. The third-order valence-corrected chi connectivity index (χ3v) is 6.00. The van der Waals surface area contributed by atoms with Crippen molar-refractivity contribution in [2.75, 3.05) is 18.0 Å². The van der Waals surface area contributed by atoms with E-state index in [9.17, 15) is 4.79 Å². The van der Waals surface area contributed by atoms with E-state index in [-0.39, 0.29) is 11.9 Å². The minimum Gasteiger partial charge on any atom is -0.305 e. The van der Waals surface area contributed by atoms with Crippen LogP contribution in [0.4, 0.5) is 5.69 Å². The monoisotopic (exact) mass is 398 g/mol. The predicted octanol–water partition coefficient (Wildman–Crippen LogP) is 5.61. The highest BCUT2D eigenvalue weighted by atomic mass is 16.2. The number of aryl methyl sites for hydroxylation is 2. The third-order valence-electron chi connectivity index (χ3n) is 6.00. The minimum atomic E-state index is 0.0976. The standard InChI is InChI=1S/C27H30N2O/c1-21-8-12-24(13-9-21)27(30)29(25-14-10-22(2)11-15-25)26-16-18-28(19-17-26)20-23-6-4-3-5-7-23/h3-15,26H,16-20H2,1-2H3. The molecule has 0 aliphatic carbocycles. The summed E-state index contributed by atoms with van der Waals surface area (Å²) < 4.78 is 0. The molecule has 1 aliphatic rings. The summed E-state index contributed by atoms with van der Waals surface area (Å²) in [4.78, 5) is 18.1. The number of hydrogen-bond donors (Lipinski definition) is 0. The molecule has 0 bridgehead atoms. The van der Waals surface area contributed by atoms with E-state index in [1.54, 1.807) is 0 Å². The Bertz CT molecular complexity index is 956. The van der Waals surface area contributed by atoms with Gasteiger partial charge in [-0.2, -0.15) is 0 Å². The van der Waals surface area contributed by atoms with Crippen LogP contribution in [-0.4, -0.2) is 29.9 Å². The molecular formula is C27H30N2O. The van der Waals surface area contributed by atoms with Crippen LogP contribution in [0.3, 0.4) is 0 Å². The molecule has 3 nitrogen and oxygen atoms in total. The topological polar surface area (TPSA) is 23.6 Å². The lowest BCUT2D eigenvalue weighted by Crippen LogP contribution is -2.47. The smallest absolute Gasteiger partial charge is 0.258 e. The van der Waals surface area contributed by atoms with Crippen LogP contribution >= 0.6 is 0 Å². The van der Waals surface area contributed by atoms with Gasteiger partial charge in [-0.1, -0.05) is 65.7 Å². The number of likely N-dealkylation sites (tertiary alicyclic amines) is 1. The van der Waals surface area contributed by atoms with Gasteiger partial charge in [-0.3, -0.25) is 9.69 Å². The second-order valence-corrected chi connectivity index (χ2v) is 8.37. The van der Waals surface area contributed by atoms with Crippen LogP contribution in [-0.2, 0) is 6.54 Å². The van der Waals surface area contributed by atoms with Gasteiger partial charge in [0, 0.05) is 36.9 Å². The summed E-state index contributed by atoms with van der Waals surface area (Å²) >= 11 is 0. The summed E-state index contributed by atoms with van der Waals surface area (Å²) in [6.45, 7) is 7.11. The van der Waals surface area contributed by atoms with Crippen molar-refractivity contribution in [1.82, 2.24) is 4.90 Å². The van der Waals surface area contributed by atoms with Gasteiger partial charge in [-0.25, -0.2) is 0 Å². The van der Waals surface area contributed by atoms with Gasteiger partial charge in [0.25, 0.3) is 5.91 Å². The van der Waals surface area contributed by atoms with Crippen molar-refractivity contribution in [2.24, 2.45) is 0 Å². The molecule has 3 heteroatoms. The van der Waals surface area contributed by atoms with Crippen molar-refractivity contribution in [3.63, 3.8) is 0 Å². The normalized spacial score (nSPS) is 15.1. The predicted molar refractivity (Wildman–Crippen MR) is 124 cm³/mol. The molecule has 154 valence electrons. The molecule has 0 radical (unpaired) electrons. The van der Waals surface area contributed by atoms with Crippen molar-refractivity contribution < 1.29 is 4.79 Å². The third kappa shape index (κ3) is 4.80. The summed E-state index contributed by atoms with van der Waals surface area (Å²) in [5, 5.41) is 0. The number of nitrogens with zero attached hydrogens (tertiary/aromatic N) is 2. The maximum Gasteiger partial charge on any atom is 0.258 e. The molecule has 1 fully saturated rings. The first-order chi connectivity index (χ1) is 14.6. The Labute approximate surface area is 180 Å². The highest BCUT2D eigenvalue weighted by molar-refractivity contribution is 6.06. The van der Waals surface area contributed by atoms with Crippen molar-refractivity contribution in [1.29, 1.82) is 0 Å². The Morgan fingerprint density at radius 3 is 2.00 bits per heavy atom. The van der Waals surface area contributed by atoms with E-state index in [0.717, 1.165) is 43.7 Å². The number of piperidine rings is 1. The molecule has 1 aliphatic heterocycles. The first kappa shape index (κ1) is 20.4. The molecule has 0 spiro atoms. The summed E-state index contributed by atoms with van der Waals surface area (Å²) in [5.41, 5.74) is 5.48. The largest absolute Gasteiger partial charge is 0.305 e. The molecule has 0 aromatic heterocycles. The molecule has 0 atom stereocenters. The quantitative estimate of drug-likeness (QED) is 0.557. The van der Waals surface area contributed by atoms with Gasteiger partial charge in [-0.05, 0) is 56.5 Å². The average molecular weight is 399 g/mol. The second kappa shape index (κ2) is 9.27. The summed E-state index contributed by atoms with van der Waals surface area (Å²) in [6, 6.07) is 27.1. The zero-order valence-electron chi connectivity index (χ0n) is 17.9. The fourth-order valence-corrected chi connectivity index (χ4v) is 4.21. The van der Waals surface area contributed by atoms with Gasteiger partial charge in [-0.15, -0.1) is 0 Å². The van der Waals surface area contributed by atoms with Crippen LogP contribution in [0, 0.1) is 13.8 Å². The van der Waals surface area contributed by atoms with Gasteiger partial charge in [0.1, 0.15) is 0 Å². The number of rotatable bonds is 5. The van der Waals surface area contributed by atoms with Crippen LogP contribution in [0.5, 0.6) is 0 Å². The van der Waals surface area contributed by atoms with Crippen LogP contribution in [0.1, 0.15) is 39.9 Å². The Morgan fingerprint density at radius 2 is 1.40 bits per heavy atom. The second-order valence-electron chi connectivity index (χ2n) is 8.37. The Kier molecular flexibility index (Phi) is 6.29. The molecule has 0 unspecified atom stereocenters. The Morgan fingerprint density at radius 1 is 0.833 bits per heavy atom. The highest BCUT2D eigenvalue weighted by Gasteiger charge is 2.29. The molecule has 3 aromatic carbocycles. The summed E-state index contributed by atoms with van der Waals surface area (Å²) in [7, 11) is 0. The van der Waals surface area contributed by atoms with E-state index >= 15 is 0 Å². The first-order valence-corrected chi connectivity index (χ1v) is 10.8. The molecule has 4 rings (SSSR count). The lowest BCUT2D eigenvalue weighted by molar-refractivity contribution is 0.0958. The van der Waals surface area contributed by atoms with Crippen molar-refractivity contribution in [2.45, 2.75) is 39.3 Å².